The molecule has 0 unspecified atom stereocenters. The Labute approximate surface area is 171 Å². The number of amides is 1. The van der Waals surface area contributed by atoms with Gasteiger partial charge in [0.1, 0.15) is 5.56 Å². The second-order valence-corrected chi connectivity index (χ2v) is 8.99. The van der Waals surface area contributed by atoms with Crippen LogP contribution in [0.3, 0.4) is 0 Å². The van der Waals surface area contributed by atoms with Crippen molar-refractivity contribution < 1.29 is 17.9 Å². The van der Waals surface area contributed by atoms with E-state index in [2.05, 4.69) is 10.3 Å². The number of nitrogens with one attached hydrogen (secondary N) is 1. The first-order valence-electron chi connectivity index (χ1n) is 7.96. The van der Waals surface area contributed by atoms with Crippen molar-refractivity contribution in [1.29, 1.82) is 0 Å². The summed E-state index contributed by atoms with van der Waals surface area (Å²) >= 11 is 1.93. The first-order valence-corrected chi connectivity index (χ1v) is 10.9. The summed E-state index contributed by atoms with van der Waals surface area (Å²) < 4.78 is 30.2. The van der Waals surface area contributed by atoms with Gasteiger partial charge in [-0.3, -0.25) is 14.6 Å². The van der Waals surface area contributed by atoms with Gasteiger partial charge in [-0.1, -0.05) is 0 Å². The summed E-state index contributed by atoms with van der Waals surface area (Å²) in [6, 6.07) is 2.95. The number of ether oxygens (including phenoxy) is 1. The van der Waals surface area contributed by atoms with Crippen LogP contribution in [-0.4, -0.2) is 43.8 Å². The molecular weight excluding hydrogens is 485 g/mol. The first-order chi connectivity index (χ1) is 12.6. The maximum Gasteiger partial charge on any atom is 0.257 e. The number of carbonyl (C=O) groups is 1. The lowest BCUT2D eigenvalue weighted by Crippen LogP contribution is -2.31. The molecule has 0 atom stereocenters. The molecule has 0 aliphatic heterocycles. The molecule has 0 fully saturated rings. The van der Waals surface area contributed by atoms with Crippen molar-refractivity contribution in [2.75, 3.05) is 20.0 Å². The normalized spacial score (nSPS) is 11.4. The Morgan fingerprint density at radius 1 is 1.37 bits per heavy atom. The Morgan fingerprint density at radius 2 is 2.07 bits per heavy atom. The lowest BCUT2D eigenvalue weighted by molar-refractivity contribution is 0.0948. The molecule has 2 aromatic heterocycles. The molecule has 1 amide bonds. The summed E-state index contributed by atoms with van der Waals surface area (Å²) in [5, 5.41) is 2.65. The highest BCUT2D eigenvalue weighted by molar-refractivity contribution is 14.1. The number of nitrogens with zero attached hydrogens (tertiary/aromatic N) is 2. The molecular formula is C17H20IN3O5S. The largest absolute Gasteiger partial charge is 0.383 e. The fourth-order valence-electron chi connectivity index (χ4n) is 2.30. The maximum atomic E-state index is 12.5. The zero-order valence-electron chi connectivity index (χ0n) is 15.2. The van der Waals surface area contributed by atoms with Crippen molar-refractivity contribution >= 4 is 38.3 Å². The highest BCUT2D eigenvalue weighted by Crippen LogP contribution is 2.10. The molecule has 10 heteroatoms. The first kappa shape index (κ1) is 21.5. The average molecular weight is 505 g/mol. The average Bonchev–Trinajstić information content (AvgIpc) is 2.63. The van der Waals surface area contributed by atoms with Crippen molar-refractivity contribution in [2.45, 2.75) is 24.9 Å². The molecule has 0 saturated heterocycles. The van der Waals surface area contributed by atoms with E-state index in [0.29, 0.717) is 22.4 Å². The number of carbonyl (C=O) groups excluding carboxylic acids is 1. The van der Waals surface area contributed by atoms with Gasteiger partial charge in [-0.25, -0.2) is 8.42 Å². The smallest absolute Gasteiger partial charge is 0.257 e. The molecule has 1 N–H and O–H groups in total. The number of hydrogen-bond acceptors (Lipinski definition) is 6. The van der Waals surface area contributed by atoms with Crippen molar-refractivity contribution in [2.24, 2.45) is 0 Å². The quantitative estimate of drug-likeness (QED) is 0.566. The number of halogens is 1. The Balaban J connectivity index is 2.18. The van der Waals surface area contributed by atoms with Gasteiger partial charge >= 0.3 is 0 Å². The second kappa shape index (κ2) is 8.93. The number of pyridine rings is 2. The van der Waals surface area contributed by atoms with E-state index in [1.165, 1.54) is 24.5 Å². The fraction of sp³-hybridized carbons (Fsp3) is 0.353. The zero-order chi connectivity index (χ0) is 20.2. The summed E-state index contributed by atoms with van der Waals surface area (Å²) in [5.74, 6) is -0.516. The van der Waals surface area contributed by atoms with E-state index in [4.69, 9.17) is 4.74 Å². The molecule has 0 aliphatic rings. The van der Waals surface area contributed by atoms with Gasteiger partial charge in [-0.15, -0.1) is 0 Å². The molecule has 0 aliphatic carbocycles. The summed E-state index contributed by atoms with van der Waals surface area (Å²) in [6.45, 7) is 2.86. The fourth-order valence-corrected chi connectivity index (χ4v) is 3.46. The van der Waals surface area contributed by atoms with Gasteiger partial charge in [0.25, 0.3) is 5.91 Å². The predicted molar refractivity (Wildman–Crippen MR) is 109 cm³/mol. The second-order valence-electron chi connectivity index (χ2n) is 5.90. The van der Waals surface area contributed by atoms with Crippen molar-refractivity contribution in [1.82, 2.24) is 14.9 Å². The number of rotatable bonds is 7. The van der Waals surface area contributed by atoms with Crippen LogP contribution in [0.4, 0.5) is 0 Å². The third kappa shape index (κ3) is 5.36. The summed E-state index contributed by atoms with van der Waals surface area (Å²) in [4.78, 5) is 29.0. The van der Waals surface area contributed by atoms with Crippen LogP contribution in [-0.2, 0) is 27.7 Å². The molecule has 0 aromatic carbocycles. The molecule has 2 heterocycles. The van der Waals surface area contributed by atoms with Gasteiger partial charge < -0.3 is 14.6 Å². The minimum Gasteiger partial charge on any atom is -0.383 e. The number of methoxy groups -OCH3 is 1. The van der Waals surface area contributed by atoms with Gasteiger partial charge in [0.05, 0.1) is 27.3 Å². The van der Waals surface area contributed by atoms with Gasteiger partial charge in [0.2, 0.25) is 5.43 Å². The minimum absolute atomic E-state index is 0.0360. The van der Waals surface area contributed by atoms with Gasteiger partial charge in [0.15, 0.2) is 9.84 Å². The van der Waals surface area contributed by atoms with E-state index >= 15 is 0 Å². The van der Waals surface area contributed by atoms with E-state index in [1.807, 2.05) is 29.5 Å². The van der Waals surface area contributed by atoms with Gasteiger partial charge in [-0.2, -0.15) is 0 Å². The lowest BCUT2D eigenvalue weighted by atomic mass is 10.2. The van der Waals surface area contributed by atoms with Crippen molar-refractivity contribution in [3.8, 4) is 0 Å². The third-order valence-corrected chi connectivity index (χ3v) is 6.28. The summed E-state index contributed by atoms with van der Waals surface area (Å²) in [5.41, 5.74) is 0.956. The van der Waals surface area contributed by atoms with Crippen molar-refractivity contribution in [3.05, 3.63) is 55.3 Å². The predicted octanol–water partition coefficient (Wildman–Crippen LogP) is 1.14. The Kier molecular flexibility index (Phi) is 7.12. The van der Waals surface area contributed by atoms with Crippen LogP contribution in [0.25, 0.3) is 0 Å². The molecule has 146 valence electrons. The van der Waals surface area contributed by atoms with Crippen LogP contribution in [0.15, 0.2) is 34.2 Å². The Bertz CT molecular complexity index is 1000. The van der Waals surface area contributed by atoms with Crippen LogP contribution in [0, 0.1) is 10.5 Å². The van der Waals surface area contributed by atoms with Crippen molar-refractivity contribution in [3.63, 3.8) is 0 Å². The molecule has 2 rings (SSSR count). The van der Waals surface area contributed by atoms with Crippen LogP contribution >= 0.6 is 22.6 Å². The highest BCUT2D eigenvalue weighted by Gasteiger charge is 2.17. The van der Waals surface area contributed by atoms with Crippen LogP contribution in [0.5, 0.6) is 0 Å². The summed E-state index contributed by atoms with van der Waals surface area (Å²) in [6.07, 6.45) is 3.86. The monoisotopic (exact) mass is 505 g/mol. The molecule has 0 bridgehead atoms. The van der Waals surface area contributed by atoms with E-state index < -0.39 is 15.7 Å². The Morgan fingerprint density at radius 3 is 2.63 bits per heavy atom. The van der Waals surface area contributed by atoms with E-state index in [-0.39, 0.29) is 22.4 Å². The van der Waals surface area contributed by atoms with Crippen LogP contribution in [0.1, 0.15) is 21.7 Å². The van der Waals surface area contributed by atoms with E-state index in [1.54, 1.807) is 11.7 Å². The molecule has 2 aromatic rings. The van der Waals surface area contributed by atoms with E-state index in [0.717, 1.165) is 11.9 Å². The summed E-state index contributed by atoms with van der Waals surface area (Å²) in [7, 11) is -1.74. The number of hydrogen-bond donors (Lipinski definition) is 1. The zero-order valence-corrected chi connectivity index (χ0v) is 18.1. The number of sulfone groups is 1. The highest BCUT2D eigenvalue weighted by atomic mass is 127. The minimum atomic E-state index is -3.33. The third-order valence-electron chi connectivity index (χ3n) is 3.91. The Hall–Kier alpha value is -1.79. The molecule has 27 heavy (non-hydrogen) atoms. The van der Waals surface area contributed by atoms with Crippen LogP contribution < -0.4 is 10.7 Å². The topological polar surface area (TPSA) is 107 Å². The molecule has 8 nitrogen and oxygen atoms in total. The molecule has 0 saturated carbocycles. The molecule has 0 radical (unpaired) electrons. The standard InChI is InChI=1S/C17H20IN3O5S/c1-11-15(18)16(22)14(10-21(11)6-7-26-2)17(23)20-8-12-4-5-13(9-19-12)27(3,24)25/h4-5,9-10H,6-8H2,1-3H3,(H,20,23). The SMILES string of the molecule is COCCn1cc(C(=O)NCc2ccc(S(C)(=O)=O)cn2)c(=O)c(I)c1C. The van der Waals surface area contributed by atoms with Crippen LogP contribution in [0.2, 0.25) is 0 Å². The lowest BCUT2D eigenvalue weighted by Gasteiger charge is -2.14. The number of aromatic nitrogens is 2. The maximum absolute atomic E-state index is 12.5. The van der Waals surface area contributed by atoms with E-state index in [9.17, 15) is 18.0 Å². The molecule has 0 spiro atoms. The van der Waals surface area contributed by atoms with Gasteiger partial charge in [-0.05, 0) is 41.6 Å². The van der Waals surface area contributed by atoms with Gasteiger partial charge in [0, 0.05) is 38.0 Å².